The van der Waals surface area contributed by atoms with Gasteiger partial charge in [-0.3, -0.25) is 9.59 Å². The minimum absolute atomic E-state index is 0.0203. The highest BCUT2D eigenvalue weighted by molar-refractivity contribution is 5.84. The molecule has 2 amide bonds. The number of piperidine rings is 1. The van der Waals surface area contributed by atoms with Crippen molar-refractivity contribution in [2.45, 2.75) is 38.6 Å². The van der Waals surface area contributed by atoms with Gasteiger partial charge in [-0.25, -0.2) is 4.39 Å². The average molecular weight is 306 g/mol. The molecular formula is C17H23FN2O2. The van der Waals surface area contributed by atoms with E-state index in [2.05, 4.69) is 12.2 Å². The van der Waals surface area contributed by atoms with Crippen LogP contribution in [0.4, 0.5) is 4.39 Å². The molecule has 1 aliphatic heterocycles. The van der Waals surface area contributed by atoms with Crippen LogP contribution in [0, 0.1) is 11.7 Å². The van der Waals surface area contributed by atoms with Crippen LogP contribution < -0.4 is 5.32 Å². The minimum atomic E-state index is -0.330. The molecule has 0 aromatic heterocycles. The molecule has 120 valence electrons. The van der Waals surface area contributed by atoms with Crippen LogP contribution in [0.3, 0.4) is 0 Å². The second-order valence-electron chi connectivity index (χ2n) is 5.79. The fourth-order valence-electron chi connectivity index (χ4n) is 2.95. The normalized spacial score (nSPS) is 21.8. The monoisotopic (exact) mass is 306 g/mol. The smallest absolute Gasteiger partial charge is 0.225 e. The zero-order valence-corrected chi connectivity index (χ0v) is 13.1. The van der Waals surface area contributed by atoms with Gasteiger partial charge in [0, 0.05) is 20.0 Å². The Bertz CT molecular complexity index is 530. The topological polar surface area (TPSA) is 49.4 Å². The van der Waals surface area contributed by atoms with Crippen molar-refractivity contribution in [3.63, 3.8) is 0 Å². The number of likely N-dealkylation sites (tertiary alicyclic amines) is 1. The third kappa shape index (κ3) is 3.64. The largest absolute Gasteiger partial charge is 0.356 e. The Labute approximate surface area is 130 Å². The Morgan fingerprint density at radius 3 is 2.68 bits per heavy atom. The fourth-order valence-corrected chi connectivity index (χ4v) is 2.95. The molecule has 1 fully saturated rings. The number of nitrogens with zero attached hydrogens (tertiary/aromatic N) is 1. The van der Waals surface area contributed by atoms with Crippen molar-refractivity contribution >= 4 is 11.8 Å². The summed E-state index contributed by atoms with van der Waals surface area (Å²) in [6.07, 6.45) is 2.86. The maximum absolute atomic E-state index is 13.1. The number of hydrogen-bond donors (Lipinski definition) is 1. The highest BCUT2D eigenvalue weighted by atomic mass is 19.1. The van der Waals surface area contributed by atoms with Gasteiger partial charge in [-0.15, -0.1) is 0 Å². The van der Waals surface area contributed by atoms with Crippen molar-refractivity contribution in [1.29, 1.82) is 0 Å². The lowest BCUT2D eigenvalue weighted by Gasteiger charge is -2.38. The van der Waals surface area contributed by atoms with Crippen LogP contribution in [0.5, 0.6) is 0 Å². The lowest BCUT2D eigenvalue weighted by molar-refractivity contribution is -0.141. The first-order chi connectivity index (χ1) is 10.5. The number of halogens is 1. The van der Waals surface area contributed by atoms with E-state index in [0.29, 0.717) is 19.4 Å². The third-order valence-electron chi connectivity index (χ3n) is 4.24. The van der Waals surface area contributed by atoms with Gasteiger partial charge < -0.3 is 10.2 Å². The summed E-state index contributed by atoms with van der Waals surface area (Å²) in [5.74, 6) is -0.614. The van der Waals surface area contributed by atoms with Gasteiger partial charge in [0.25, 0.3) is 0 Å². The number of benzene rings is 1. The predicted molar refractivity (Wildman–Crippen MR) is 82.6 cm³/mol. The average Bonchev–Trinajstić information content (AvgIpc) is 2.51. The van der Waals surface area contributed by atoms with Crippen LogP contribution in [-0.4, -0.2) is 30.3 Å². The fraction of sp³-hybridized carbons (Fsp3) is 0.529. The second-order valence-corrected chi connectivity index (χ2v) is 5.79. The van der Waals surface area contributed by atoms with E-state index >= 15 is 0 Å². The molecule has 1 heterocycles. The molecular weight excluding hydrogens is 283 g/mol. The third-order valence-corrected chi connectivity index (χ3v) is 4.24. The molecule has 1 aromatic carbocycles. The number of nitrogens with one attached hydrogen (secondary N) is 1. The summed E-state index contributed by atoms with van der Waals surface area (Å²) in [6.45, 7) is 2.72. The minimum Gasteiger partial charge on any atom is -0.356 e. The summed E-state index contributed by atoms with van der Waals surface area (Å²) in [7, 11) is 1.71. The number of rotatable bonds is 5. The highest BCUT2D eigenvalue weighted by Crippen LogP contribution is 2.35. The van der Waals surface area contributed by atoms with Gasteiger partial charge in [0.2, 0.25) is 11.8 Å². The van der Waals surface area contributed by atoms with Gasteiger partial charge in [-0.2, -0.15) is 0 Å². The van der Waals surface area contributed by atoms with E-state index in [-0.39, 0.29) is 29.6 Å². The molecule has 1 aliphatic rings. The van der Waals surface area contributed by atoms with Crippen LogP contribution in [0.1, 0.15) is 44.2 Å². The van der Waals surface area contributed by atoms with Gasteiger partial charge in [0.05, 0.1) is 12.0 Å². The van der Waals surface area contributed by atoms with Gasteiger partial charge in [0.1, 0.15) is 5.82 Å². The first-order valence-corrected chi connectivity index (χ1v) is 7.83. The molecule has 1 N–H and O–H groups in total. The molecule has 0 saturated carbocycles. The molecule has 0 bridgehead atoms. The maximum Gasteiger partial charge on any atom is 0.225 e. The number of unbranched alkanes of at least 4 members (excludes halogenated alkanes) is 1. The summed E-state index contributed by atoms with van der Waals surface area (Å²) in [5, 5.41) is 2.95. The van der Waals surface area contributed by atoms with E-state index in [1.165, 1.54) is 12.1 Å². The Morgan fingerprint density at radius 2 is 2.05 bits per heavy atom. The zero-order chi connectivity index (χ0) is 16.1. The van der Waals surface area contributed by atoms with Crippen LogP contribution in [0.25, 0.3) is 0 Å². The van der Waals surface area contributed by atoms with Gasteiger partial charge in [-0.1, -0.05) is 25.5 Å². The molecule has 0 aliphatic carbocycles. The van der Waals surface area contributed by atoms with Crippen LogP contribution in [-0.2, 0) is 9.59 Å². The molecule has 4 nitrogen and oxygen atoms in total. The lowest BCUT2D eigenvalue weighted by Crippen LogP contribution is -2.46. The number of carbonyl (C=O) groups is 2. The van der Waals surface area contributed by atoms with Gasteiger partial charge in [0.15, 0.2) is 0 Å². The van der Waals surface area contributed by atoms with Crippen LogP contribution in [0.2, 0.25) is 0 Å². The molecule has 1 aromatic rings. The summed E-state index contributed by atoms with van der Waals surface area (Å²) in [4.78, 5) is 26.1. The van der Waals surface area contributed by atoms with E-state index in [4.69, 9.17) is 0 Å². The Morgan fingerprint density at radius 1 is 1.36 bits per heavy atom. The van der Waals surface area contributed by atoms with E-state index in [0.717, 1.165) is 18.4 Å². The standard InChI is InChI=1S/C17H23FN2O2/c1-3-4-11-19-17(22)14-9-10-15(21)20(2)16(14)12-5-7-13(18)8-6-12/h5-8,14,16H,3-4,9-11H2,1-2H3,(H,19,22)/t14-,16+/m1/s1. The van der Waals surface area contributed by atoms with Crippen molar-refractivity contribution in [1.82, 2.24) is 10.2 Å². The van der Waals surface area contributed by atoms with Gasteiger partial charge >= 0.3 is 0 Å². The lowest BCUT2D eigenvalue weighted by atomic mass is 9.84. The van der Waals surface area contributed by atoms with Gasteiger partial charge in [-0.05, 0) is 30.5 Å². The van der Waals surface area contributed by atoms with E-state index in [9.17, 15) is 14.0 Å². The number of hydrogen-bond acceptors (Lipinski definition) is 2. The highest BCUT2D eigenvalue weighted by Gasteiger charge is 2.38. The number of amides is 2. The molecule has 22 heavy (non-hydrogen) atoms. The van der Waals surface area contributed by atoms with Crippen molar-refractivity contribution in [2.75, 3.05) is 13.6 Å². The predicted octanol–water partition coefficient (Wildman–Crippen LogP) is 2.65. The summed E-state index contributed by atoms with van der Waals surface area (Å²) in [5.41, 5.74) is 0.799. The Kier molecular flexibility index (Phi) is 5.52. The zero-order valence-electron chi connectivity index (χ0n) is 13.1. The van der Waals surface area contributed by atoms with Crippen molar-refractivity contribution in [3.05, 3.63) is 35.6 Å². The molecule has 2 atom stereocenters. The van der Waals surface area contributed by atoms with Crippen molar-refractivity contribution in [3.8, 4) is 0 Å². The summed E-state index contributed by atoms with van der Waals surface area (Å²) in [6, 6.07) is 5.72. The first kappa shape index (κ1) is 16.5. The molecule has 0 unspecified atom stereocenters. The van der Waals surface area contributed by atoms with Crippen molar-refractivity contribution in [2.24, 2.45) is 5.92 Å². The van der Waals surface area contributed by atoms with Crippen LogP contribution in [0.15, 0.2) is 24.3 Å². The SMILES string of the molecule is CCCCNC(=O)[C@@H]1CCC(=O)N(C)[C@H]1c1ccc(F)cc1. The number of carbonyl (C=O) groups excluding carboxylic acids is 2. The first-order valence-electron chi connectivity index (χ1n) is 7.83. The molecule has 0 radical (unpaired) electrons. The second kappa shape index (κ2) is 7.38. The van der Waals surface area contributed by atoms with E-state index in [1.54, 1.807) is 24.1 Å². The Balaban J connectivity index is 2.20. The molecule has 1 saturated heterocycles. The molecule has 2 rings (SSSR count). The quantitative estimate of drug-likeness (QED) is 0.850. The maximum atomic E-state index is 13.1. The van der Waals surface area contributed by atoms with E-state index < -0.39 is 0 Å². The Hall–Kier alpha value is -1.91. The van der Waals surface area contributed by atoms with Crippen molar-refractivity contribution < 1.29 is 14.0 Å². The molecule has 0 spiro atoms. The van der Waals surface area contributed by atoms with E-state index in [1.807, 2.05) is 0 Å². The van der Waals surface area contributed by atoms with Crippen LogP contribution >= 0.6 is 0 Å². The summed E-state index contributed by atoms with van der Waals surface area (Å²) >= 11 is 0. The molecule has 5 heteroatoms. The summed E-state index contributed by atoms with van der Waals surface area (Å²) < 4.78 is 13.1.